The molecule has 4 aliphatic carbocycles. The molecule has 0 heterocycles. The Kier molecular flexibility index (Phi) is 4.63. The Morgan fingerprint density at radius 2 is 1.48 bits per heavy atom. The number of rotatable bonds is 7. The molecule has 4 fully saturated rings. The Hall–Kier alpha value is -0.120. The van der Waals surface area contributed by atoms with Crippen molar-refractivity contribution in [2.75, 3.05) is 47.8 Å². The minimum Gasteiger partial charge on any atom is -0.315 e. The van der Waals surface area contributed by atoms with E-state index in [0.717, 1.165) is 24.3 Å². The highest BCUT2D eigenvalue weighted by molar-refractivity contribution is 5.06. The van der Waals surface area contributed by atoms with Crippen LogP contribution in [0.2, 0.25) is 0 Å². The Bertz CT molecular complexity index is 317. The maximum Gasteiger partial charge on any atom is 0.0248 e. The molecule has 1 atom stereocenters. The lowest BCUT2D eigenvalue weighted by Gasteiger charge is -2.60. The number of nitrogens with zero attached hydrogens (tertiary/aromatic N) is 2. The third-order valence-corrected chi connectivity index (χ3v) is 6.60. The van der Waals surface area contributed by atoms with E-state index in [0.29, 0.717) is 11.5 Å². The van der Waals surface area contributed by atoms with Crippen LogP contribution < -0.4 is 5.32 Å². The largest absolute Gasteiger partial charge is 0.315 e. The van der Waals surface area contributed by atoms with Crippen LogP contribution in [-0.2, 0) is 0 Å². The van der Waals surface area contributed by atoms with Crippen molar-refractivity contribution in [2.45, 2.75) is 44.6 Å². The zero-order valence-corrected chi connectivity index (χ0v) is 14.6. The van der Waals surface area contributed by atoms with Gasteiger partial charge < -0.3 is 15.1 Å². The lowest BCUT2D eigenvalue weighted by Crippen LogP contribution is -2.58. The summed E-state index contributed by atoms with van der Waals surface area (Å²) in [5.74, 6) is 3.16. The number of nitrogens with one attached hydrogen (secondary N) is 1. The van der Waals surface area contributed by atoms with Gasteiger partial charge in [-0.25, -0.2) is 0 Å². The van der Waals surface area contributed by atoms with Crippen molar-refractivity contribution in [3.8, 4) is 0 Å². The van der Waals surface area contributed by atoms with Gasteiger partial charge in [-0.3, -0.25) is 0 Å². The van der Waals surface area contributed by atoms with Crippen molar-refractivity contribution in [3.63, 3.8) is 0 Å². The van der Waals surface area contributed by atoms with Gasteiger partial charge in [0, 0.05) is 25.7 Å². The summed E-state index contributed by atoms with van der Waals surface area (Å²) in [5, 5.41) is 3.72. The van der Waals surface area contributed by atoms with Crippen LogP contribution in [-0.4, -0.2) is 63.7 Å². The maximum atomic E-state index is 3.72. The highest BCUT2D eigenvalue weighted by Gasteiger charge is 2.53. The normalized spacial score (nSPS) is 39.4. The molecule has 0 aromatic heterocycles. The first-order valence-electron chi connectivity index (χ1n) is 9.01. The van der Waals surface area contributed by atoms with E-state index < -0.39 is 0 Å². The highest BCUT2D eigenvalue weighted by atomic mass is 15.2. The average Bonchev–Trinajstić information content (AvgIpc) is 2.40. The van der Waals surface area contributed by atoms with Crippen LogP contribution >= 0.6 is 0 Å². The van der Waals surface area contributed by atoms with Gasteiger partial charge in [-0.05, 0) is 89.9 Å². The third kappa shape index (κ3) is 3.30. The van der Waals surface area contributed by atoms with Crippen molar-refractivity contribution < 1.29 is 0 Å². The highest BCUT2D eigenvalue weighted by Crippen LogP contribution is 2.61. The van der Waals surface area contributed by atoms with E-state index in [4.69, 9.17) is 0 Å². The van der Waals surface area contributed by atoms with Crippen molar-refractivity contribution in [3.05, 3.63) is 0 Å². The van der Waals surface area contributed by atoms with Gasteiger partial charge in [-0.1, -0.05) is 0 Å². The second-order valence-electron chi connectivity index (χ2n) is 8.69. The fourth-order valence-corrected chi connectivity index (χ4v) is 5.97. The number of hydrogen-bond acceptors (Lipinski definition) is 3. The minimum atomic E-state index is 0.621. The van der Waals surface area contributed by atoms with Crippen molar-refractivity contribution in [2.24, 2.45) is 23.2 Å². The predicted octanol–water partition coefficient (Wildman–Crippen LogP) is 2.28. The first-order chi connectivity index (χ1) is 10.0. The molecule has 4 saturated carbocycles. The SMILES string of the molecule is CNC(CN(C)CCN(C)C)C12CC3CC(CC(C3)C1)C2. The van der Waals surface area contributed by atoms with E-state index in [2.05, 4.69) is 43.3 Å². The molecule has 3 heteroatoms. The predicted molar refractivity (Wildman–Crippen MR) is 89.5 cm³/mol. The average molecular weight is 293 g/mol. The first kappa shape index (κ1) is 15.8. The summed E-state index contributed by atoms with van der Waals surface area (Å²) >= 11 is 0. The molecule has 0 aliphatic heterocycles. The first-order valence-corrected chi connectivity index (χ1v) is 9.01. The molecule has 21 heavy (non-hydrogen) atoms. The molecule has 0 radical (unpaired) electrons. The minimum absolute atomic E-state index is 0.621. The van der Waals surface area contributed by atoms with Crippen LogP contribution in [0, 0.1) is 23.2 Å². The summed E-state index contributed by atoms with van der Waals surface area (Å²) in [7, 11) is 8.84. The molecular weight excluding hydrogens is 258 g/mol. The van der Waals surface area contributed by atoms with Gasteiger partial charge in [0.05, 0.1) is 0 Å². The second kappa shape index (κ2) is 6.17. The quantitative estimate of drug-likeness (QED) is 0.777. The number of hydrogen-bond donors (Lipinski definition) is 1. The van der Waals surface area contributed by atoms with E-state index >= 15 is 0 Å². The lowest BCUT2D eigenvalue weighted by molar-refractivity contribution is -0.0766. The Morgan fingerprint density at radius 1 is 0.952 bits per heavy atom. The zero-order chi connectivity index (χ0) is 15.0. The fraction of sp³-hybridized carbons (Fsp3) is 1.00. The molecule has 0 aromatic rings. The van der Waals surface area contributed by atoms with Gasteiger partial charge in [0.15, 0.2) is 0 Å². The fourth-order valence-electron chi connectivity index (χ4n) is 5.97. The summed E-state index contributed by atoms with van der Waals surface area (Å²) < 4.78 is 0. The molecule has 4 rings (SSSR count). The summed E-state index contributed by atoms with van der Waals surface area (Å²) in [6.45, 7) is 3.56. The van der Waals surface area contributed by atoms with Crippen LogP contribution in [0.4, 0.5) is 0 Å². The Morgan fingerprint density at radius 3 is 1.90 bits per heavy atom. The molecule has 122 valence electrons. The maximum absolute atomic E-state index is 3.72. The second-order valence-corrected chi connectivity index (χ2v) is 8.69. The molecule has 1 N–H and O–H groups in total. The summed E-state index contributed by atoms with van der Waals surface area (Å²) in [6.07, 6.45) is 9.16. The van der Waals surface area contributed by atoms with Gasteiger partial charge in [-0.15, -0.1) is 0 Å². The van der Waals surface area contributed by atoms with Crippen LogP contribution in [0.5, 0.6) is 0 Å². The van der Waals surface area contributed by atoms with Crippen molar-refractivity contribution in [1.82, 2.24) is 15.1 Å². The topological polar surface area (TPSA) is 18.5 Å². The zero-order valence-electron chi connectivity index (χ0n) is 14.6. The van der Waals surface area contributed by atoms with Gasteiger partial charge >= 0.3 is 0 Å². The molecule has 0 aromatic carbocycles. The molecule has 0 amide bonds. The molecule has 3 nitrogen and oxygen atoms in total. The molecule has 4 aliphatic rings. The van der Waals surface area contributed by atoms with Crippen LogP contribution in [0.15, 0.2) is 0 Å². The standard InChI is InChI=1S/C18H35N3/c1-19-17(13-21(4)6-5-20(2)3)18-10-14-7-15(11-18)9-16(8-14)12-18/h14-17,19H,5-13H2,1-4H3. The van der Waals surface area contributed by atoms with Crippen molar-refractivity contribution >= 4 is 0 Å². The van der Waals surface area contributed by atoms with Gasteiger partial charge in [0.2, 0.25) is 0 Å². The Balaban J connectivity index is 1.63. The van der Waals surface area contributed by atoms with Crippen LogP contribution in [0.25, 0.3) is 0 Å². The third-order valence-electron chi connectivity index (χ3n) is 6.60. The van der Waals surface area contributed by atoms with E-state index in [1.54, 1.807) is 19.3 Å². The molecule has 0 spiro atoms. The smallest absolute Gasteiger partial charge is 0.0248 e. The summed E-state index contributed by atoms with van der Waals surface area (Å²) in [6, 6.07) is 0.693. The van der Waals surface area contributed by atoms with Gasteiger partial charge in [0.1, 0.15) is 0 Å². The van der Waals surface area contributed by atoms with E-state index in [1.165, 1.54) is 32.4 Å². The van der Waals surface area contributed by atoms with Crippen LogP contribution in [0.3, 0.4) is 0 Å². The van der Waals surface area contributed by atoms with Crippen molar-refractivity contribution in [1.29, 1.82) is 0 Å². The molecule has 4 bridgehead atoms. The molecule has 1 unspecified atom stereocenters. The van der Waals surface area contributed by atoms with Gasteiger partial charge in [0.25, 0.3) is 0 Å². The van der Waals surface area contributed by atoms with E-state index in [-0.39, 0.29) is 0 Å². The molecular formula is C18H35N3. The monoisotopic (exact) mass is 293 g/mol. The molecule has 0 saturated heterocycles. The Labute approximate surface area is 131 Å². The van der Waals surface area contributed by atoms with Crippen LogP contribution in [0.1, 0.15) is 38.5 Å². The lowest BCUT2D eigenvalue weighted by atomic mass is 9.47. The number of likely N-dealkylation sites (N-methyl/N-ethyl adjacent to an activating group) is 3. The van der Waals surface area contributed by atoms with Gasteiger partial charge in [-0.2, -0.15) is 0 Å². The summed E-state index contributed by atoms with van der Waals surface area (Å²) in [5.41, 5.74) is 0.621. The van der Waals surface area contributed by atoms with E-state index in [9.17, 15) is 0 Å². The van der Waals surface area contributed by atoms with E-state index in [1.807, 2.05) is 0 Å². The summed E-state index contributed by atoms with van der Waals surface area (Å²) in [4.78, 5) is 4.83.